The molecular formula is C21H19N3OS3. The highest BCUT2D eigenvalue weighted by atomic mass is 32.2. The molecule has 0 saturated carbocycles. The predicted molar refractivity (Wildman–Crippen MR) is 120 cm³/mol. The molecule has 0 bridgehead atoms. The highest BCUT2D eigenvalue weighted by molar-refractivity contribution is 7.99. The first-order valence-electron chi connectivity index (χ1n) is 8.98. The zero-order valence-electron chi connectivity index (χ0n) is 15.3. The van der Waals surface area contributed by atoms with Gasteiger partial charge in [-0.25, -0.2) is 9.97 Å². The molecule has 0 fully saturated rings. The van der Waals surface area contributed by atoms with Gasteiger partial charge in [-0.3, -0.25) is 4.79 Å². The lowest BCUT2D eigenvalue weighted by Crippen LogP contribution is -2.11. The van der Waals surface area contributed by atoms with E-state index in [9.17, 15) is 4.79 Å². The van der Waals surface area contributed by atoms with E-state index in [0.717, 1.165) is 33.1 Å². The van der Waals surface area contributed by atoms with E-state index < -0.39 is 0 Å². The summed E-state index contributed by atoms with van der Waals surface area (Å²) in [5.74, 6) is 0.931. The van der Waals surface area contributed by atoms with Gasteiger partial charge in [0.15, 0.2) is 5.13 Å². The molecule has 2 heterocycles. The maximum absolute atomic E-state index is 12.2. The normalized spacial score (nSPS) is 11.0. The van der Waals surface area contributed by atoms with Gasteiger partial charge in [-0.2, -0.15) is 0 Å². The Labute approximate surface area is 176 Å². The number of para-hydroxylation sites is 1. The van der Waals surface area contributed by atoms with Crippen molar-refractivity contribution in [3.05, 3.63) is 59.5 Å². The summed E-state index contributed by atoms with van der Waals surface area (Å²) in [6.07, 6.45) is 1.33. The van der Waals surface area contributed by atoms with Gasteiger partial charge in [-0.1, -0.05) is 29.8 Å². The highest BCUT2D eigenvalue weighted by Crippen LogP contribution is 2.32. The second-order valence-corrected chi connectivity index (χ2v) is 9.39. The molecule has 1 N–H and O–H groups in total. The van der Waals surface area contributed by atoms with Crippen LogP contribution in [0, 0.1) is 6.92 Å². The van der Waals surface area contributed by atoms with Gasteiger partial charge < -0.3 is 5.32 Å². The predicted octanol–water partition coefficient (Wildman–Crippen LogP) is 6.24. The van der Waals surface area contributed by atoms with Gasteiger partial charge in [-0.15, -0.1) is 34.4 Å². The van der Waals surface area contributed by atoms with Crippen LogP contribution in [0.25, 0.3) is 20.9 Å². The van der Waals surface area contributed by atoms with E-state index in [-0.39, 0.29) is 5.91 Å². The number of rotatable bonds is 7. The second-order valence-electron chi connectivity index (χ2n) is 6.34. The number of hydrogen-bond donors (Lipinski definition) is 1. The summed E-state index contributed by atoms with van der Waals surface area (Å²) in [5, 5.41) is 6.36. The zero-order valence-corrected chi connectivity index (χ0v) is 17.8. The van der Waals surface area contributed by atoms with Gasteiger partial charge in [0.2, 0.25) is 5.91 Å². The van der Waals surface area contributed by atoms with Gasteiger partial charge in [0.1, 0.15) is 10.7 Å². The smallest absolute Gasteiger partial charge is 0.226 e. The van der Waals surface area contributed by atoms with Crippen LogP contribution < -0.4 is 5.32 Å². The number of anilines is 1. The summed E-state index contributed by atoms with van der Waals surface area (Å²) >= 11 is 4.84. The lowest BCUT2D eigenvalue weighted by Gasteiger charge is -2.03. The number of carbonyl (C=O) groups excluding carboxylic acids is 1. The fourth-order valence-corrected chi connectivity index (χ4v) is 5.22. The number of carbonyl (C=O) groups is 1. The fourth-order valence-electron chi connectivity index (χ4n) is 2.65. The number of aryl methyl sites for hydroxylation is 1. The molecule has 1 amide bonds. The van der Waals surface area contributed by atoms with E-state index >= 15 is 0 Å². The standard InChI is InChI=1S/C21H19N3OS3/c1-14-8-10-15(11-9-14)26-12-4-7-19(25)24-21-23-17(13-27-21)20-22-16-5-2-3-6-18(16)28-20/h2-3,5-6,8-11,13H,4,7,12H2,1H3,(H,23,24,25). The Balaban J connectivity index is 1.27. The summed E-state index contributed by atoms with van der Waals surface area (Å²) in [6, 6.07) is 16.5. The van der Waals surface area contributed by atoms with Crippen LogP contribution in [0.15, 0.2) is 58.8 Å². The molecule has 0 spiro atoms. The monoisotopic (exact) mass is 425 g/mol. The van der Waals surface area contributed by atoms with Crippen LogP contribution in [0.3, 0.4) is 0 Å². The van der Waals surface area contributed by atoms with Crippen LogP contribution in [-0.4, -0.2) is 21.6 Å². The maximum Gasteiger partial charge on any atom is 0.226 e. The third-order valence-electron chi connectivity index (χ3n) is 4.10. The van der Waals surface area contributed by atoms with Crippen molar-refractivity contribution in [1.82, 2.24) is 9.97 Å². The number of fused-ring (bicyclic) bond motifs is 1. The number of nitrogens with one attached hydrogen (secondary N) is 1. The maximum atomic E-state index is 12.2. The number of nitrogens with zero attached hydrogens (tertiary/aromatic N) is 2. The van der Waals surface area contributed by atoms with Gasteiger partial charge in [0.05, 0.1) is 10.2 Å². The SMILES string of the molecule is Cc1ccc(SCCCC(=O)Nc2nc(-c3nc4ccccc4s3)cs2)cc1. The summed E-state index contributed by atoms with van der Waals surface area (Å²) in [4.78, 5) is 22.6. The van der Waals surface area contributed by atoms with Crippen LogP contribution >= 0.6 is 34.4 Å². The molecule has 28 heavy (non-hydrogen) atoms. The summed E-state index contributed by atoms with van der Waals surface area (Å²) in [7, 11) is 0. The molecule has 4 nitrogen and oxygen atoms in total. The van der Waals surface area contributed by atoms with Crippen molar-refractivity contribution in [2.24, 2.45) is 0 Å². The van der Waals surface area contributed by atoms with Gasteiger partial charge in [-0.05, 0) is 43.4 Å². The van der Waals surface area contributed by atoms with Crippen molar-refractivity contribution in [2.45, 2.75) is 24.7 Å². The lowest BCUT2D eigenvalue weighted by atomic mass is 10.2. The quantitative estimate of drug-likeness (QED) is 0.281. The Bertz CT molecular complexity index is 1050. The van der Waals surface area contributed by atoms with E-state index in [1.807, 2.05) is 23.6 Å². The first kappa shape index (κ1) is 19.1. The van der Waals surface area contributed by atoms with Crippen LogP contribution in [0.1, 0.15) is 18.4 Å². The Morgan fingerprint density at radius 3 is 2.75 bits per heavy atom. The average Bonchev–Trinajstić information content (AvgIpc) is 3.33. The summed E-state index contributed by atoms with van der Waals surface area (Å²) in [6.45, 7) is 2.08. The van der Waals surface area contributed by atoms with E-state index in [4.69, 9.17) is 0 Å². The molecule has 0 saturated heterocycles. The number of thioether (sulfide) groups is 1. The van der Waals surface area contributed by atoms with Crippen LogP contribution in [0.4, 0.5) is 5.13 Å². The van der Waals surface area contributed by atoms with Crippen LogP contribution in [-0.2, 0) is 4.79 Å². The molecule has 0 aliphatic carbocycles. The molecule has 0 aliphatic heterocycles. The number of thiazole rings is 2. The minimum absolute atomic E-state index is 0.00899. The third kappa shape index (κ3) is 4.79. The second kappa shape index (κ2) is 8.86. The topological polar surface area (TPSA) is 54.9 Å². The van der Waals surface area contributed by atoms with Crippen molar-refractivity contribution in [3.63, 3.8) is 0 Å². The first-order valence-corrected chi connectivity index (χ1v) is 11.7. The number of aromatic nitrogens is 2. The summed E-state index contributed by atoms with van der Waals surface area (Å²) < 4.78 is 1.14. The lowest BCUT2D eigenvalue weighted by molar-refractivity contribution is -0.116. The van der Waals surface area contributed by atoms with Crippen molar-refractivity contribution < 1.29 is 4.79 Å². The molecule has 2 aromatic heterocycles. The Hall–Kier alpha value is -2.22. The van der Waals surface area contributed by atoms with Crippen LogP contribution in [0.5, 0.6) is 0 Å². The van der Waals surface area contributed by atoms with E-state index in [2.05, 4.69) is 52.5 Å². The van der Waals surface area contributed by atoms with E-state index in [0.29, 0.717) is 11.6 Å². The molecule has 0 aliphatic rings. The zero-order chi connectivity index (χ0) is 19.3. The fraction of sp³-hybridized carbons (Fsp3) is 0.190. The number of hydrogen-bond acceptors (Lipinski definition) is 6. The largest absolute Gasteiger partial charge is 0.302 e. The molecule has 4 aromatic rings. The van der Waals surface area contributed by atoms with Crippen molar-refractivity contribution in [2.75, 3.05) is 11.1 Å². The minimum atomic E-state index is 0.00899. The Kier molecular flexibility index (Phi) is 6.04. The van der Waals surface area contributed by atoms with Crippen molar-refractivity contribution in [1.29, 1.82) is 0 Å². The van der Waals surface area contributed by atoms with Crippen molar-refractivity contribution in [3.8, 4) is 10.7 Å². The molecule has 0 atom stereocenters. The molecule has 0 unspecified atom stereocenters. The highest BCUT2D eigenvalue weighted by Gasteiger charge is 2.11. The van der Waals surface area contributed by atoms with Crippen molar-refractivity contribution >= 4 is 55.7 Å². The van der Waals surface area contributed by atoms with Gasteiger partial charge in [0.25, 0.3) is 0 Å². The van der Waals surface area contributed by atoms with E-state index in [1.165, 1.54) is 21.8 Å². The molecule has 2 aromatic carbocycles. The average molecular weight is 426 g/mol. The first-order chi connectivity index (χ1) is 13.7. The van der Waals surface area contributed by atoms with E-state index in [1.54, 1.807) is 23.1 Å². The molecular weight excluding hydrogens is 406 g/mol. The summed E-state index contributed by atoms with van der Waals surface area (Å²) in [5.41, 5.74) is 3.06. The van der Waals surface area contributed by atoms with Crippen LogP contribution in [0.2, 0.25) is 0 Å². The Morgan fingerprint density at radius 2 is 1.93 bits per heavy atom. The molecule has 4 rings (SSSR count). The molecule has 0 radical (unpaired) electrons. The van der Waals surface area contributed by atoms with Gasteiger partial charge >= 0.3 is 0 Å². The number of benzene rings is 2. The molecule has 142 valence electrons. The Morgan fingerprint density at radius 1 is 1.11 bits per heavy atom. The number of amides is 1. The third-order valence-corrected chi connectivity index (χ3v) is 7.02. The minimum Gasteiger partial charge on any atom is -0.302 e. The van der Waals surface area contributed by atoms with Gasteiger partial charge in [0, 0.05) is 16.7 Å². The molecule has 7 heteroatoms.